The van der Waals surface area contributed by atoms with Crippen LogP contribution in [0.25, 0.3) is 11.0 Å². The molecule has 3 rings (SSSR count). The summed E-state index contributed by atoms with van der Waals surface area (Å²) in [5, 5.41) is 3.67. The Hall–Kier alpha value is -3.08. The predicted octanol–water partition coefficient (Wildman–Crippen LogP) is 3.05. The van der Waals surface area contributed by atoms with E-state index in [2.05, 4.69) is 5.32 Å². The van der Waals surface area contributed by atoms with Crippen LogP contribution in [-0.4, -0.2) is 12.5 Å². The highest BCUT2D eigenvalue weighted by Gasteiger charge is 2.10. The number of fused-ring (bicyclic) bond motifs is 1. The van der Waals surface area contributed by atoms with Crippen molar-refractivity contribution in [2.24, 2.45) is 0 Å². The van der Waals surface area contributed by atoms with Crippen LogP contribution in [0.5, 0.6) is 5.75 Å². The molecule has 5 heteroatoms. The Kier molecular flexibility index (Phi) is 4.61. The van der Waals surface area contributed by atoms with Crippen LogP contribution < -0.4 is 15.7 Å². The fraction of sp³-hybridized carbons (Fsp3) is 0.158. The smallest absolute Gasteiger partial charge is 0.336 e. The molecule has 0 saturated carbocycles. The molecule has 0 spiro atoms. The van der Waals surface area contributed by atoms with E-state index in [0.29, 0.717) is 11.3 Å². The van der Waals surface area contributed by atoms with E-state index in [4.69, 9.17) is 9.15 Å². The molecule has 1 unspecified atom stereocenters. The molecule has 0 saturated heterocycles. The Bertz CT molecular complexity index is 902. The lowest BCUT2D eigenvalue weighted by Crippen LogP contribution is -2.31. The highest BCUT2D eigenvalue weighted by molar-refractivity contribution is 5.79. The number of carbonyl (C=O) groups excluding carboxylic acids is 1. The third-order valence-corrected chi connectivity index (χ3v) is 3.64. The molecule has 1 aromatic heterocycles. The van der Waals surface area contributed by atoms with Crippen molar-refractivity contribution in [2.45, 2.75) is 13.0 Å². The van der Waals surface area contributed by atoms with Crippen molar-refractivity contribution < 1.29 is 13.9 Å². The zero-order valence-electron chi connectivity index (χ0n) is 13.2. The van der Waals surface area contributed by atoms with Crippen molar-refractivity contribution >= 4 is 16.9 Å². The van der Waals surface area contributed by atoms with Crippen LogP contribution in [0.15, 0.2) is 69.9 Å². The summed E-state index contributed by atoms with van der Waals surface area (Å²) in [6.07, 6.45) is 0. The van der Waals surface area contributed by atoms with Crippen molar-refractivity contribution in [3.05, 3.63) is 76.6 Å². The van der Waals surface area contributed by atoms with Crippen LogP contribution in [0, 0.1) is 0 Å². The van der Waals surface area contributed by atoms with E-state index in [1.165, 1.54) is 6.07 Å². The van der Waals surface area contributed by atoms with E-state index in [1.54, 1.807) is 24.3 Å². The molecular weight excluding hydrogens is 306 g/mol. The standard InChI is InChI=1S/C19H17NO4/c1-13(14-5-3-2-4-6-14)20-18(21)12-23-16-9-7-15-8-10-19(22)24-17(15)11-16/h2-11,13H,12H2,1H3,(H,20,21). The van der Waals surface area contributed by atoms with E-state index in [1.807, 2.05) is 37.3 Å². The molecule has 0 aliphatic rings. The van der Waals surface area contributed by atoms with Gasteiger partial charge in [-0.2, -0.15) is 0 Å². The number of ether oxygens (including phenoxy) is 1. The second-order valence-electron chi connectivity index (χ2n) is 5.44. The number of rotatable bonds is 5. The molecule has 2 aromatic carbocycles. The number of benzene rings is 2. The Morgan fingerprint density at radius 1 is 1.12 bits per heavy atom. The van der Waals surface area contributed by atoms with E-state index in [9.17, 15) is 9.59 Å². The number of hydrogen-bond acceptors (Lipinski definition) is 4. The minimum Gasteiger partial charge on any atom is -0.484 e. The van der Waals surface area contributed by atoms with Crippen molar-refractivity contribution in [3.63, 3.8) is 0 Å². The van der Waals surface area contributed by atoms with Gasteiger partial charge in [-0.25, -0.2) is 4.79 Å². The zero-order chi connectivity index (χ0) is 16.9. The minimum absolute atomic E-state index is 0.100. The number of amides is 1. The highest BCUT2D eigenvalue weighted by Crippen LogP contribution is 2.19. The molecule has 24 heavy (non-hydrogen) atoms. The van der Waals surface area contributed by atoms with Crippen molar-refractivity contribution in [3.8, 4) is 5.75 Å². The minimum atomic E-state index is -0.422. The Labute approximate surface area is 138 Å². The van der Waals surface area contributed by atoms with E-state index < -0.39 is 5.63 Å². The van der Waals surface area contributed by atoms with Gasteiger partial charge in [-0.15, -0.1) is 0 Å². The van der Waals surface area contributed by atoms with Gasteiger partial charge in [0.1, 0.15) is 11.3 Å². The molecule has 0 aliphatic heterocycles. The van der Waals surface area contributed by atoms with Gasteiger partial charge < -0.3 is 14.5 Å². The number of carbonyl (C=O) groups is 1. The predicted molar refractivity (Wildman–Crippen MR) is 91.0 cm³/mol. The summed E-state index contributed by atoms with van der Waals surface area (Å²) in [5.74, 6) is 0.250. The quantitative estimate of drug-likeness (QED) is 0.733. The van der Waals surface area contributed by atoms with Gasteiger partial charge in [-0.3, -0.25) is 4.79 Å². The van der Waals surface area contributed by atoms with Crippen LogP contribution in [0.4, 0.5) is 0 Å². The molecule has 0 bridgehead atoms. The molecule has 1 atom stereocenters. The molecule has 5 nitrogen and oxygen atoms in total. The number of hydrogen-bond donors (Lipinski definition) is 1. The van der Waals surface area contributed by atoms with Crippen LogP contribution in [-0.2, 0) is 4.79 Å². The molecule has 3 aromatic rings. The zero-order valence-corrected chi connectivity index (χ0v) is 13.2. The van der Waals surface area contributed by atoms with E-state index in [0.717, 1.165) is 10.9 Å². The fourth-order valence-corrected chi connectivity index (χ4v) is 2.39. The lowest BCUT2D eigenvalue weighted by Gasteiger charge is -2.14. The van der Waals surface area contributed by atoms with Crippen LogP contribution >= 0.6 is 0 Å². The first-order chi connectivity index (χ1) is 11.6. The monoisotopic (exact) mass is 323 g/mol. The summed E-state index contributed by atoms with van der Waals surface area (Å²) in [7, 11) is 0. The normalized spacial score (nSPS) is 11.9. The van der Waals surface area contributed by atoms with Gasteiger partial charge in [0.25, 0.3) is 5.91 Å². The van der Waals surface area contributed by atoms with Crippen LogP contribution in [0.2, 0.25) is 0 Å². The molecule has 0 radical (unpaired) electrons. The second-order valence-corrected chi connectivity index (χ2v) is 5.44. The molecule has 1 amide bonds. The van der Waals surface area contributed by atoms with Crippen LogP contribution in [0.3, 0.4) is 0 Å². The van der Waals surface area contributed by atoms with Gasteiger partial charge >= 0.3 is 5.63 Å². The lowest BCUT2D eigenvalue weighted by molar-refractivity contribution is -0.123. The first kappa shape index (κ1) is 15.8. The molecular formula is C19H17NO4. The van der Waals surface area contributed by atoms with Crippen molar-refractivity contribution in [2.75, 3.05) is 6.61 Å². The maximum absolute atomic E-state index is 12.0. The molecule has 0 fully saturated rings. The van der Waals surface area contributed by atoms with Gasteiger partial charge in [0.15, 0.2) is 6.61 Å². The molecule has 1 heterocycles. The Morgan fingerprint density at radius 3 is 2.67 bits per heavy atom. The van der Waals surface area contributed by atoms with Crippen molar-refractivity contribution in [1.29, 1.82) is 0 Å². The summed E-state index contributed by atoms with van der Waals surface area (Å²) < 4.78 is 10.6. The molecule has 0 aliphatic carbocycles. The van der Waals surface area contributed by atoms with Gasteiger partial charge in [0.05, 0.1) is 6.04 Å². The van der Waals surface area contributed by atoms with E-state index >= 15 is 0 Å². The first-order valence-electron chi connectivity index (χ1n) is 7.63. The SMILES string of the molecule is CC(NC(=O)COc1ccc2ccc(=O)oc2c1)c1ccccc1. The summed E-state index contributed by atoms with van der Waals surface area (Å²) in [5.41, 5.74) is 1.03. The largest absolute Gasteiger partial charge is 0.484 e. The maximum Gasteiger partial charge on any atom is 0.336 e. The first-order valence-corrected chi connectivity index (χ1v) is 7.63. The maximum atomic E-state index is 12.0. The molecule has 122 valence electrons. The summed E-state index contributed by atoms with van der Waals surface area (Å²) >= 11 is 0. The second kappa shape index (κ2) is 7.00. The van der Waals surface area contributed by atoms with Gasteiger partial charge in [0, 0.05) is 17.5 Å². The third kappa shape index (κ3) is 3.81. The van der Waals surface area contributed by atoms with Gasteiger partial charge in [-0.05, 0) is 30.7 Å². The van der Waals surface area contributed by atoms with E-state index in [-0.39, 0.29) is 18.6 Å². The highest BCUT2D eigenvalue weighted by atomic mass is 16.5. The van der Waals surface area contributed by atoms with Gasteiger partial charge in [-0.1, -0.05) is 30.3 Å². The number of nitrogens with one attached hydrogen (secondary N) is 1. The van der Waals surface area contributed by atoms with Gasteiger partial charge in [0.2, 0.25) is 0 Å². The lowest BCUT2D eigenvalue weighted by atomic mass is 10.1. The summed E-state index contributed by atoms with van der Waals surface area (Å²) in [6, 6.07) is 17.7. The molecule has 1 N–H and O–H groups in total. The summed E-state index contributed by atoms with van der Waals surface area (Å²) in [6.45, 7) is 1.80. The average molecular weight is 323 g/mol. The topological polar surface area (TPSA) is 68.5 Å². The summed E-state index contributed by atoms with van der Waals surface area (Å²) in [4.78, 5) is 23.3. The average Bonchev–Trinajstić information content (AvgIpc) is 2.60. The third-order valence-electron chi connectivity index (χ3n) is 3.64. The van der Waals surface area contributed by atoms with Crippen molar-refractivity contribution in [1.82, 2.24) is 5.32 Å². The van der Waals surface area contributed by atoms with Crippen LogP contribution in [0.1, 0.15) is 18.5 Å². The Morgan fingerprint density at radius 2 is 1.88 bits per heavy atom. The fourth-order valence-electron chi connectivity index (χ4n) is 2.39. The Balaban J connectivity index is 1.61.